The van der Waals surface area contributed by atoms with Gasteiger partial charge in [-0.1, -0.05) is 34.6 Å². The first-order valence-electron chi connectivity index (χ1n) is 18.6. The van der Waals surface area contributed by atoms with Crippen LogP contribution < -0.4 is 0 Å². The van der Waals surface area contributed by atoms with Crippen molar-refractivity contribution in [2.24, 2.45) is 0 Å². The molecule has 0 amide bonds. The first-order valence-corrected chi connectivity index (χ1v) is 23.3. The van der Waals surface area contributed by atoms with E-state index in [-0.39, 0.29) is 37.7 Å². The van der Waals surface area contributed by atoms with E-state index in [1.165, 1.54) is 0 Å². The van der Waals surface area contributed by atoms with Crippen LogP contribution in [0.15, 0.2) is 0 Å². The number of alkyl halides is 1. The first kappa shape index (κ1) is 59.1. The summed E-state index contributed by atoms with van der Waals surface area (Å²) in [6.07, 6.45) is 0.559. The fraction of sp³-hybridized carbons (Fsp3) is 0.897. The molecule has 0 atom stereocenters. The highest BCUT2D eigenvalue weighted by Gasteiger charge is 2.36. The van der Waals surface area contributed by atoms with Gasteiger partial charge < -0.3 is 14.3 Å². The summed E-state index contributed by atoms with van der Waals surface area (Å²) in [4.78, 5) is 26.6. The normalized spacial score (nSPS) is 12.3. The number of nitrogens with zero attached hydrogens (tertiary/aromatic N) is 6. The summed E-state index contributed by atoms with van der Waals surface area (Å²) in [5.41, 5.74) is -1.40. The van der Waals surface area contributed by atoms with E-state index < -0.39 is 27.0 Å². The molecule has 0 rings (SSSR count). The van der Waals surface area contributed by atoms with Gasteiger partial charge in [-0.3, -0.25) is 28.3 Å². The molecule has 0 aromatic carbocycles. The molecule has 0 aliphatic heterocycles. The fourth-order valence-corrected chi connectivity index (χ4v) is 12.8. The lowest BCUT2D eigenvalue weighted by atomic mass is 10.1. The van der Waals surface area contributed by atoms with E-state index in [0.717, 1.165) is 0 Å². The first-order chi connectivity index (χ1) is 23.5. The second-order valence-corrected chi connectivity index (χ2v) is 21.2. The largest absolute Gasteiger partial charge is 0.458 e. The number of ether oxygens (including phenoxy) is 2. The number of hydrogen-bond acceptors (Lipinski definition) is 9. The average molecular weight is 874 g/mol. The molecule has 0 aliphatic carbocycles. The van der Waals surface area contributed by atoms with Crippen LogP contribution in [0.2, 0.25) is 0 Å². The van der Waals surface area contributed by atoms with Gasteiger partial charge in [-0.15, -0.1) is 0 Å². The standard InChI is InChI=1S/C19H38N3O2P.C12H28ClN2P.C7H10BrNO2.CH4/c1-14(2)21(15(3)4)25(22(16(5)6)17(7)8)13-18(23)24-19(9,10)11-12-20;1-9(2)14(10(3)4)16(13)15(11(5)6)12(7)8;1-7(2,5-9-3)11-6(10)4-8;/h14-17H,11,13H2,1-10H3;9-12H,1-8H3;4-5H2,1-2H3;1H4. The molecule has 53 heavy (non-hydrogen) atoms. The molecule has 10 nitrogen and oxygen atoms in total. The second-order valence-electron chi connectivity index (χ2n) is 16.3. The zero-order valence-corrected chi connectivity index (χ0v) is 40.5. The molecule has 0 aromatic rings. The van der Waals surface area contributed by atoms with Crippen LogP contribution in [-0.4, -0.2) is 108 Å². The van der Waals surface area contributed by atoms with Crippen molar-refractivity contribution in [1.29, 1.82) is 5.26 Å². The van der Waals surface area contributed by atoms with Gasteiger partial charge in [0.15, 0.2) is 5.60 Å². The molecule has 0 heterocycles. The van der Waals surface area contributed by atoms with Crippen LogP contribution >= 0.6 is 43.0 Å². The lowest BCUT2D eigenvalue weighted by molar-refractivity contribution is -0.153. The minimum absolute atomic E-state index is 0. The summed E-state index contributed by atoms with van der Waals surface area (Å²) in [6, 6.07) is 5.41. The Balaban J connectivity index is -0.000000368. The molecule has 314 valence electrons. The van der Waals surface area contributed by atoms with E-state index >= 15 is 0 Å². The highest BCUT2D eigenvalue weighted by molar-refractivity contribution is 9.09. The Morgan fingerprint density at radius 2 is 0.981 bits per heavy atom. The Kier molecular flexibility index (Phi) is 32.0. The van der Waals surface area contributed by atoms with Gasteiger partial charge >= 0.3 is 11.9 Å². The summed E-state index contributed by atoms with van der Waals surface area (Å²) < 4.78 is 20.3. The van der Waals surface area contributed by atoms with E-state index in [4.69, 9.17) is 32.5 Å². The van der Waals surface area contributed by atoms with E-state index in [9.17, 15) is 9.59 Å². The third-order valence-electron chi connectivity index (χ3n) is 7.27. The van der Waals surface area contributed by atoms with Gasteiger partial charge in [-0.25, -0.2) is 6.57 Å². The Hall–Kier alpha value is -0.610. The molecule has 0 aliphatic rings. The quantitative estimate of drug-likeness (QED) is 0.0544. The van der Waals surface area contributed by atoms with Crippen molar-refractivity contribution in [1.82, 2.24) is 18.7 Å². The van der Waals surface area contributed by atoms with Crippen molar-refractivity contribution >= 4 is 54.9 Å². The number of carbonyl (C=O) groups is 2. The second kappa shape index (κ2) is 28.7. The topological polar surface area (TPSA) is 93.7 Å². The van der Waals surface area contributed by atoms with Gasteiger partial charge in [0.25, 0.3) is 6.54 Å². The zero-order chi connectivity index (χ0) is 41.9. The third kappa shape index (κ3) is 24.6. The van der Waals surface area contributed by atoms with E-state index in [2.05, 4.69) is 156 Å². The van der Waals surface area contributed by atoms with Crippen molar-refractivity contribution in [3.63, 3.8) is 0 Å². The maximum atomic E-state index is 12.7. The van der Waals surface area contributed by atoms with Crippen LogP contribution in [0.25, 0.3) is 4.85 Å². The Bertz CT molecular complexity index is 1020. The van der Waals surface area contributed by atoms with Crippen LogP contribution in [0.3, 0.4) is 0 Å². The zero-order valence-electron chi connectivity index (χ0n) is 36.4. The van der Waals surface area contributed by atoms with Crippen LogP contribution in [-0.2, 0) is 19.1 Å². The molecular formula is C39H80BrClN6O4P2. The van der Waals surface area contributed by atoms with E-state index in [0.29, 0.717) is 54.5 Å². The molecule has 0 saturated carbocycles. The van der Waals surface area contributed by atoms with Crippen molar-refractivity contribution in [3.05, 3.63) is 11.4 Å². The van der Waals surface area contributed by atoms with Gasteiger partial charge in [0.1, 0.15) is 18.5 Å². The lowest BCUT2D eigenvalue weighted by Gasteiger charge is -2.47. The molecule has 0 unspecified atom stereocenters. The Morgan fingerprint density at radius 3 is 1.23 bits per heavy atom. The molecular weight excluding hydrogens is 794 g/mol. The maximum absolute atomic E-state index is 12.7. The number of hydrogen-bond donors (Lipinski definition) is 0. The fourth-order valence-electron chi connectivity index (χ4n) is 5.86. The van der Waals surface area contributed by atoms with Crippen molar-refractivity contribution in [2.75, 3.05) is 18.0 Å². The number of carbonyl (C=O) groups excluding carboxylic acids is 2. The van der Waals surface area contributed by atoms with E-state index in [1.54, 1.807) is 27.7 Å². The third-order valence-corrected chi connectivity index (χ3v) is 14.8. The minimum atomic E-state index is -0.838. The maximum Gasteiger partial charge on any atom is 0.317 e. The summed E-state index contributed by atoms with van der Waals surface area (Å²) in [6.45, 7) is 49.0. The highest BCUT2D eigenvalue weighted by atomic mass is 79.9. The van der Waals surface area contributed by atoms with Gasteiger partial charge in [-0.05, 0) is 138 Å². The monoisotopic (exact) mass is 872 g/mol. The number of rotatable bonds is 19. The molecule has 0 radical (unpaired) electrons. The minimum Gasteiger partial charge on any atom is -0.458 e. The Labute approximate surface area is 343 Å². The predicted molar refractivity (Wildman–Crippen MR) is 236 cm³/mol. The summed E-state index contributed by atoms with van der Waals surface area (Å²) in [5, 5.41) is 9.09. The average Bonchev–Trinajstić information content (AvgIpc) is 2.91. The molecule has 0 aromatic heterocycles. The summed E-state index contributed by atoms with van der Waals surface area (Å²) >= 11 is 9.68. The van der Waals surface area contributed by atoms with Crippen LogP contribution in [0.5, 0.6) is 0 Å². The molecule has 0 saturated heterocycles. The number of halogens is 2. The summed E-state index contributed by atoms with van der Waals surface area (Å²) in [5.74, 6) is -0.553. The Morgan fingerprint density at radius 1 is 0.679 bits per heavy atom. The van der Waals surface area contributed by atoms with Gasteiger partial charge in [0.2, 0.25) is 0 Å². The predicted octanol–water partition coefficient (Wildman–Crippen LogP) is 11.7. The van der Waals surface area contributed by atoms with E-state index in [1.807, 2.05) is 0 Å². The van der Waals surface area contributed by atoms with Gasteiger partial charge in [0, 0.05) is 48.3 Å². The molecule has 0 fully saturated rings. The van der Waals surface area contributed by atoms with Crippen molar-refractivity contribution < 1.29 is 19.1 Å². The van der Waals surface area contributed by atoms with Crippen LogP contribution in [0, 0.1) is 17.9 Å². The summed E-state index contributed by atoms with van der Waals surface area (Å²) in [7, 11) is -1.56. The SMILES string of the molecule is C.CC(C)N(C(C)C)P(CC(=O)OC(C)(C)CC#N)N(C(C)C)C(C)C.CC(C)N(C(C)C)P(Cl)N(C(C)C)C(C)C.[C-]#[N+]CC(C)(C)OC(=O)CBr. The highest BCUT2D eigenvalue weighted by Crippen LogP contribution is 2.54. The molecule has 0 N–H and O–H groups in total. The number of esters is 2. The van der Waals surface area contributed by atoms with Crippen molar-refractivity contribution in [2.45, 2.75) is 212 Å². The molecule has 14 heteroatoms. The van der Waals surface area contributed by atoms with Gasteiger partial charge in [-0.2, -0.15) is 5.26 Å². The van der Waals surface area contributed by atoms with Crippen molar-refractivity contribution in [3.8, 4) is 6.07 Å². The molecule has 0 bridgehead atoms. The van der Waals surface area contributed by atoms with Crippen LogP contribution in [0.1, 0.15) is 152 Å². The van der Waals surface area contributed by atoms with Gasteiger partial charge in [0.05, 0.1) is 26.9 Å². The number of nitriles is 1. The van der Waals surface area contributed by atoms with Crippen LogP contribution in [0.4, 0.5) is 0 Å². The lowest BCUT2D eigenvalue weighted by Crippen LogP contribution is -2.45. The molecule has 0 spiro atoms. The smallest absolute Gasteiger partial charge is 0.317 e.